The van der Waals surface area contributed by atoms with Crippen molar-refractivity contribution in [3.05, 3.63) is 67.7 Å². The Hall–Kier alpha value is -1.66. The van der Waals surface area contributed by atoms with Gasteiger partial charge in [-0.05, 0) is 57.2 Å². The van der Waals surface area contributed by atoms with Gasteiger partial charge in [0.2, 0.25) is 0 Å². The molecule has 2 aromatic carbocycles. The van der Waals surface area contributed by atoms with Crippen molar-refractivity contribution in [3.8, 4) is 5.75 Å². The van der Waals surface area contributed by atoms with Gasteiger partial charge in [0.15, 0.2) is 5.78 Å². The summed E-state index contributed by atoms with van der Waals surface area (Å²) >= 11 is 9.92. The van der Waals surface area contributed by atoms with Crippen molar-refractivity contribution in [2.75, 3.05) is 13.2 Å². The molecule has 2 aromatic rings. The molecular formula is C22H20BrClO4. The Balaban J connectivity index is 1.83. The zero-order valence-electron chi connectivity index (χ0n) is 15.6. The van der Waals surface area contributed by atoms with Gasteiger partial charge in [-0.15, -0.1) is 0 Å². The standard InChI is InChI=1S/C22H20BrClO4/c1-22(2)14-8-18(28-10-12(26)9-25)16(23)7-13(14)21(27)20-15(22)6-11-4-3-5-17(24)19(11)20/h3-5,7-8,12,25-26H,6,9-10H2,1-2H3/t12-/m1/s1. The Bertz CT molecular complexity index is 1030. The molecular weight excluding hydrogens is 444 g/mol. The summed E-state index contributed by atoms with van der Waals surface area (Å²) in [5.74, 6) is 0.503. The number of halogens is 2. The fourth-order valence-electron chi connectivity index (χ4n) is 4.11. The number of hydrogen-bond acceptors (Lipinski definition) is 4. The average Bonchev–Trinajstić information content (AvgIpc) is 3.07. The van der Waals surface area contributed by atoms with Crippen molar-refractivity contribution in [2.45, 2.75) is 31.8 Å². The molecule has 6 heteroatoms. The topological polar surface area (TPSA) is 66.8 Å². The second kappa shape index (κ2) is 6.99. The molecule has 2 aliphatic rings. The van der Waals surface area contributed by atoms with Crippen LogP contribution in [0.15, 0.2) is 40.4 Å². The van der Waals surface area contributed by atoms with E-state index in [1.165, 1.54) is 0 Å². The van der Waals surface area contributed by atoms with Crippen LogP contribution >= 0.6 is 27.5 Å². The lowest BCUT2D eigenvalue weighted by atomic mass is 9.68. The molecule has 2 N–H and O–H groups in total. The lowest BCUT2D eigenvalue weighted by Crippen LogP contribution is -2.30. The van der Waals surface area contributed by atoms with Crippen molar-refractivity contribution in [1.82, 2.24) is 0 Å². The van der Waals surface area contributed by atoms with E-state index in [1.54, 1.807) is 6.07 Å². The van der Waals surface area contributed by atoms with E-state index in [1.807, 2.05) is 24.3 Å². The number of ether oxygens (including phenoxy) is 1. The zero-order valence-corrected chi connectivity index (χ0v) is 17.9. The van der Waals surface area contributed by atoms with Gasteiger partial charge < -0.3 is 14.9 Å². The van der Waals surface area contributed by atoms with Gasteiger partial charge in [-0.1, -0.05) is 37.6 Å². The molecule has 0 saturated carbocycles. The Morgan fingerprint density at radius 1 is 1.32 bits per heavy atom. The summed E-state index contributed by atoms with van der Waals surface area (Å²) in [6.07, 6.45) is -0.267. The van der Waals surface area contributed by atoms with Gasteiger partial charge in [-0.2, -0.15) is 0 Å². The highest BCUT2D eigenvalue weighted by Gasteiger charge is 2.43. The number of aliphatic hydroxyl groups is 2. The van der Waals surface area contributed by atoms with Crippen LogP contribution in [0.5, 0.6) is 5.75 Å². The Kier molecular flexibility index (Phi) is 4.91. The van der Waals surface area contributed by atoms with Gasteiger partial charge in [-0.3, -0.25) is 4.79 Å². The molecule has 146 valence electrons. The molecule has 1 atom stereocenters. The lowest BCUT2D eigenvalue weighted by molar-refractivity contribution is 0.0533. The van der Waals surface area contributed by atoms with E-state index in [4.69, 9.17) is 21.4 Å². The summed E-state index contributed by atoms with van der Waals surface area (Å²) in [4.78, 5) is 13.4. The van der Waals surface area contributed by atoms with E-state index in [0.29, 0.717) is 27.2 Å². The zero-order chi connectivity index (χ0) is 20.2. The molecule has 0 heterocycles. The number of allylic oxidation sites excluding steroid dienone is 2. The molecule has 0 amide bonds. The summed E-state index contributed by atoms with van der Waals surface area (Å²) in [6, 6.07) is 9.40. The maximum absolute atomic E-state index is 13.4. The highest BCUT2D eigenvalue weighted by atomic mass is 79.9. The van der Waals surface area contributed by atoms with Crippen LogP contribution in [0.25, 0.3) is 5.57 Å². The number of aliphatic hydroxyl groups excluding tert-OH is 2. The predicted molar refractivity (Wildman–Crippen MR) is 112 cm³/mol. The minimum Gasteiger partial charge on any atom is -0.490 e. The van der Waals surface area contributed by atoms with E-state index in [0.717, 1.165) is 27.8 Å². The summed E-state index contributed by atoms with van der Waals surface area (Å²) < 4.78 is 6.30. The number of carbonyl (C=O) groups is 1. The minimum atomic E-state index is -0.960. The molecule has 0 spiro atoms. The van der Waals surface area contributed by atoms with Crippen LogP contribution in [0.3, 0.4) is 0 Å². The smallest absolute Gasteiger partial charge is 0.194 e. The highest BCUT2D eigenvalue weighted by molar-refractivity contribution is 9.10. The molecule has 0 aromatic heterocycles. The van der Waals surface area contributed by atoms with Crippen LogP contribution in [0, 0.1) is 0 Å². The van der Waals surface area contributed by atoms with Crippen molar-refractivity contribution in [1.29, 1.82) is 0 Å². The highest BCUT2D eigenvalue weighted by Crippen LogP contribution is 2.52. The molecule has 0 aliphatic heterocycles. The molecule has 4 nitrogen and oxygen atoms in total. The first kappa shape index (κ1) is 19.6. The number of Topliss-reactive ketones (excluding diaryl/α,β-unsaturated/α-hetero) is 1. The van der Waals surface area contributed by atoms with Crippen molar-refractivity contribution >= 4 is 38.9 Å². The van der Waals surface area contributed by atoms with Crippen molar-refractivity contribution in [2.24, 2.45) is 0 Å². The molecule has 0 unspecified atom stereocenters. The fourth-order valence-corrected chi connectivity index (χ4v) is 4.86. The van der Waals surface area contributed by atoms with E-state index < -0.39 is 6.10 Å². The monoisotopic (exact) mass is 462 g/mol. The number of rotatable bonds is 4. The summed E-state index contributed by atoms with van der Waals surface area (Å²) in [6.45, 7) is 3.81. The van der Waals surface area contributed by atoms with Gasteiger partial charge in [-0.25, -0.2) is 0 Å². The maximum atomic E-state index is 13.4. The molecule has 4 rings (SSSR count). The van der Waals surface area contributed by atoms with Crippen LogP contribution in [0.1, 0.15) is 40.9 Å². The van der Waals surface area contributed by atoms with Crippen LogP contribution < -0.4 is 4.74 Å². The predicted octanol–water partition coefficient (Wildman–Crippen LogP) is 4.32. The number of fused-ring (bicyclic) bond motifs is 3. The largest absolute Gasteiger partial charge is 0.490 e. The molecule has 0 saturated heterocycles. The normalized spacial score (nSPS) is 17.9. The van der Waals surface area contributed by atoms with Crippen molar-refractivity contribution in [3.63, 3.8) is 0 Å². The van der Waals surface area contributed by atoms with E-state index in [9.17, 15) is 9.90 Å². The second-order valence-corrected chi connectivity index (χ2v) is 9.00. The van der Waals surface area contributed by atoms with Gasteiger partial charge >= 0.3 is 0 Å². The van der Waals surface area contributed by atoms with Crippen molar-refractivity contribution < 1.29 is 19.7 Å². The average molecular weight is 464 g/mol. The van der Waals surface area contributed by atoms with E-state index in [2.05, 4.69) is 29.8 Å². The first-order chi connectivity index (χ1) is 13.3. The molecule has 0 radical (unpaired) electrons. The minimum absolute atomic E-state index is 0.0289. The van der Waals surface area contributed by atoms with Crippen LogP contribution in [0.4, 0.5) is 0 Å². The van der Waals surface area contributed by atoms with Gasteiger partial charge in [0, 0.05) is 27.1 Å². The summed E-state index contributed by atoms with van der Waals surface area (Å²) in [7, 11) is 0. The summed E-state index contributed by atoms with van der Waals surface area (Å²) in [5.41, 5.74) is 4.84. The summed E-state index contributed by atoms with van der Waals surface area (Å²) in [5, 5.41) is 19.2. The van der Waals surface area contributed by atoms with Crippen LogP contribution in [-0.2, 0) is 11.8 Å². The number of benzene rings is 2. The third-order valence-corrected chi connectivity index (χ3v) is 6.57. The third kappa shape index (κ3) is 2.92. The quantitative estimate of drug-likeness (QED) is 0.709. The number of ketones is 1. The molecule has 2 aliphatic carbocycles. The van der Waals surface area contributed by atoms with Gasteiger partial charge in [0.25, 0.3) is 0 Å². The molecule has 0 fully saturated rings. The number of hydrogen-bond donors (Lipinski definition) is 2. The van der Waals surface area contributed by atoms with E-state index >= 15 is 0 Å². The SMILES string of the molecule is CC1(C)C2=C(C(=O)c3cc(Br)c(OC[C@H](O)CO)cc31)c1c(Cl)cccc1C2. The van der Waals surface area contributed by atoms with Gasteiger partial charge in [0.1, 0.15) is 18.5 Å². The first-order valence-corrected chi connectivity index (χ1v) is 10.2. The van der Waals surface area contributed by atoms with Gasteiger partial charge in [0.05, 0.1) is 11.1 Å². The Morgan fingerprint density at radius 3 is 2.79 bits per heavy atom. The Morgan fingerprint density at radius 2 is 2.07 bits per heavy atom. The number of carbonyl (C=O) groups excluding carboxylic acids is 1. The second-order valence-electron chi connectivity index (χ2n) is 7.73. The lowest BCUT2D eigenvalue weighted by Gasteiger charge is -2.35. The molecule has 28 heavy (non-hydrogen) atoms. The van der Waals surface area contributed by atoms with E-state index in [-0.39, 0.29) is 24.4 Å². The van der Waals surface area contributed by atoms with Crippen LogP contribution in [-0.4, -0.2) is 35.3 Å². The first-order valence-electron chi connectivity index (χ1n) is 9.07. The maximum Gasteiger partial charge on any atom is 0.194 e. The van der Waals surface area contributed by atoms with Crippen LogP contribution in [0.2, 0.25) is 5.02 Å². The Labute approximate surface area is 176 Å². The fraction of sp³-hybridized carbons (Fsp3) is 0.318. The third-order valence-electron chi connectivity index (χ3n) is 5.63. The molecule has 0 bridgehead atoms.